The van der Waals surface area contributed by atoms with Gasteiger partial charge in [0.25, 0.3) is 0 Å². The van der Waals surface area contributed by atoms with Gasteiger partial charge in [0.1, 0.15) is 5.82 Å². The van der Waals surface area contributed by atoms with E-state index in [9.17, 15) is 19.1 Å². The van der Waals surface area contributed by atoms with Crippen LogP contribution >= 0.6 is 0 Å². The highest BCUT2D eigenvalue weighted by Crippen LogP contribution is 2.28. The second-order valence-corrected chi connectivity index (χ2v) is 4.87. The number of ketones is 1. The van der Waals surface area contributed by atoms with Crippen LogP contribution in [0.25, 0.3) is 0 Å². The summed E-state index contributed by atoms with van der Waals surface area (Å²) in [5.74, 6) is -3.99. The molecule has 2 aromatic rings. The van der Waals surface area contributed by atoms with Gasteiger partial charge < -0.3 is 9.90 Å². The molecule has 0 saturated carbocycles. The van der Waals surface area contributed by atoms with E-state index >= 15 is 0 Å². The van der Waals surface area contributed by atoms with E-state index in [4.69, 9.17) is 0 Å². The molecule has 0 spiro atoms. The van der Waals surface area contributed by atoms with E-state index in [0.29, 0.717) is 11.1 Å². The van der Waals surface area contributed by atoms with Crippen LogP contribution in [0.2, 0.25) is 0 Å². The van der Waals surface area contributed by atoms with Gasteiger partial charge in [-0.2, -0.15) is 0 Å². The zero-order valence-electron chi connectivity index (χ0n) is 11.5. The lowest BCUT2D eigenvalue weighted by Crippen LogP contribution is -2.36. The van der Waals surface area contributed by atoms with Crippen molar-refractivity contribution in [2.75, 3.05) is 0 Å². The highest BCUT2D eigenvalue weighted by Gasteiger charge is 2.28. The van der Waals surface area contributed by atoms with Crippen LogP contribution in [-0.2, 0) is 4.79 Å². The van der Waals surface area contributed by atoms with Gasteiger partial charge in [-0.25, -0.2) is 4.39 Å². The van der Waals surface area contributed by atoms with Crippen LogP contribution in [0.3, 0.4) is 0 Å². The van der Waals surface area contributed by atoms with Crippen LogP contribution in [0, 0.1) is 11.7 Å². The number of hydrogen-bond donors (Lipinski definition) is 0. The number of aliphatic carboxylic acids is 1. The number of hydrogen-bond acceptors (Lipinski definition) is 3. The molecule has 0 aliphatic rings. The first kappa shape index (κ1) is 14.9. The molecule has 0 aliphatic carbocycles. The van der Waals surface area contributed by atoms with Gasteiger partial charge in [-0.05, 0) is 17.7 Å². The van der Waals surface area contributed by atoms with E-state index in [2.05, 4.69) is 0 Å². The lowest BCUT2D eigenvalue weighted by atomic mass is 9.81. The van der Waals surface area contributed by atoms with Gasteiger partial charge in [-0.15, -0.1) is 0 Å². The number of benzene rings is 2. The largest absolute Gasteiger partial charge is 0.550 e. The monoisotopic (exact) mass is 285 g/mol. The van der Waals surface area contributed by atoms with Crippen molar-refractivity contribution in [3.8, 4) is 0 Å². The number of halogens is 1. The van der Waals surface area contributed by atoms with Crippen LogP contribution in [0.15, 0.2) is 54.6 Å². The molecule has 0 N–H and O–H groups in total. The summed E-state index contributed by atoms with van der Waals surface area (Å²) >= 11 is 0. The predicted molar refractivity (Wildman–Crippen MR) is 74.1 cm³/mol. The van der Waals surface area contributed by atoms with Crippen LogP contribution in [0.1, 0.15) is 28.8 Å². The van der Waals surface area contributed by atoms with Gasteiger partial charge in [0.2, 0.25) is 0 Å². The van der Waals surface area contributed by atoms with E-state index in [1.54, 1.807) is 30.3 Å². The Morgan fingerprint density at radius 1 is 1.00 bits per heavy atom. The summed E-state index contributed by atoms with van der Waals surface area (Å²) < 4.78 is 13.0. The molecule has 2 rings (SSSR count). The van der Waals surface area contributed by atoms with Crippen molar-refractivity contribution in [3.63, 3.8) is 0 Å². The maximum Gasteiger partial charge on any atom is 0.170 e. The average molecular weight is 285 g/mol. The van der Waals surface area contributed by atoms with Gasteiger partial charge in [0, 0.05) is 17.5 Å². The van der Waals surface area contributed by atoms with E-state index < -0.39 is 23.6 Å². The molecule has 2 atom stereocenters. The van der Waals surface area contributed by atoms with Crippen LogP contribution < -0.4 is 5.11 Å². The Kier molecular flexibility index (Phi) is 4.48. The fourth-order valence-corrected chi connectivity index (χ4v) is 2.26. The summed E-state index contributed by atoms with van der Waals surface area (Å²) in [5.41, 5.74) is 0.877. The molecule has 21 heavy (non-hydrogen) atoms. The smallest absolute Gasteiger partial charge is 0.170 e. The Morgan fingerprint density at radius 3 is 2.10 bits per heavy atom. The first-order valence-corrected chi connectivity index (χ1v) is 6.56. The average Bonchev–Trinajstić information content (AvgIpc) is 2.50. The molecule has 0 aromatic heterocycles. The molecule has 2 aromatic carbocycles. The zero-order valence-corrected chi connectivity index (χ0v) is 11.5. The lowest BCUT2D eigenvalue weighted by molar-refractivity contribution is -0.311. The van der Waals surface area contributed by atoms with Crippen LogP contribution in [0.4, 0.5) is 4.39 Å². The lowest BCUT2D eigenvalue weighted by Gasteiger charge is -2.24. The molecule has 108 valence electrons. The SMILES string of the molecule is C[C@@H](C(=O)[O-])[C@H](C(=O)c1ccccc1)c1ccc(F)cc1. The van der Waals surface area contributed by atoms with Gasteiger partial charge >= 0.3 is 0 Å². The molecule has 0 amide bonds. The number of carbonyl (C=O) groups is 2. The van der Waals surface area contributed by atoms with Crippen LogP contribution in [0.5, 0.6) is 0 Å². The van der Waals surface area contributed by atoms with Gasteiger partial charge in [0.05, 0.1) is 5.92 Å². The Morgan fingerprint density at radius 2 is 1.57 bits per heavy atom. The number of carbonyl (C=O) groups excluding carboxylic acids is 2. The van der Waals surface area contributed by atoms with Crippen LogP contribution in [-0.4, -0.2) is 11.8 Å². The second-order valence-electron chi connectivity index (χ2n) is 4.87. The minimum absolute atomic E-state index is 0.320. The standard InChI is InChI=1S/C17H15FO3/c1-11(17(20)21)15(12-7-9-14(18)10-8-12)16(19)13-5-3-2-4-6-13/h2-11,15H,1H3,(H,20,21)/p-1/t11-,15+/m1/s1. The molecular formula is C17H14FO3-. The molecule has 4 heteroatoms. The summed E-state index contributed by atoms with van der Waals surface area (Å²) in [4.78, 5) is 23.8. The summed E-state index contributed by atoms with van der Waals surface area (Å²) in [5, 5.41) is 11.2. The number of rotatable bonds is 5. The molecule has 0 fully saturated rings. The molecule has 0 heterocycles. The van der Waals surface area contributed by atoms with E-state index in [1.807, 2.05) is 0 Å². The first-order valence-electron chi connectivity index (χ1n) is 6.56. The summed E-state index contributed by atoms with van der Waals surface area (Å²) in [6, 6.07) is 13.7. The highest BCUT2D eigenvalue weighted by atomic mass is 19.1. The summed E-state index contributed by atoms with van der Waals surface area (Å²) in [6.07, 6.45) is 0. The highest BCUT2D eigenvalue weighted by molar-refractivity contribution is 6.02. The van der Waals surface area contributed by atoms with Crippen molar-refractivity contribution in [3.05, 3.63) is 71.5 Å². The zero-order chi connectivity index (χ0) is 15.4. The van der Waals surface area contributed by atoms with Crippen molar-refractivity contribution in [2.24, 2.45) is 5.92 Å². The van der Waals surface area contributed by atoms with Crippen molar-refractivity contribution >= 4 is 11.8 Å². The molecule has 0 saturated heterocycles. The Bertz CT molecular complexity index is 635. The number of Topliss-reactive ketones (excluding diaryl/α,β-unsaturated/α-hetero) is 1. The first-order chi connectivity index (χ1) is 10.0. The normalized spacial score (nSPS) is 13.4. The molecule has 3 nitrogen and oxygen atoms in total. The maximum atomic E-state index is 13.0. The van der Waals surface area contributed by atoms with E-state index in [0.717, 1.165) is 0 Å². The molecule has 0 radical (unpaired) electrons. The predicted octanol–water partition coefficient (Wildman–Crippen LogP) is 2.18. The Labute approximate surface area is 122 Å². The fraction of sp³-hybridized carbons (Fsp3) is 0.176. The minimum Gasteiger partial charge on any atom is -0.550 e. The van der Waals surface area contributed by atoms with Gasteiger partial charge in [0.15, 0.2) is 5.78 Å². The van der Waals surface area contributed by atoms with Crippen molar-refractivity contribution in [2.45, 2.75) is 12.8 Å². The second kappa shape index (κ2) is 6.31. The third kappa shape index (κ3) is 3.34. The minimum atomic E-state index is -1.31. The van der Waals surface area contributed by atoms with E-state index in [1.165, 1.54) is 31.2 Å². The van der Waals surface area contributed by atoms with Gasteiger partial charge in [-0.1, -0.05) is 49.4 Å². The topological polar surface area (TPSA) is 57.2 Å². The molecule has 0 unspecified atom stereocenters. The summed E-state index contributed by atoms with van der Waals surface area (Å²) in [7, 11) is 0. The Balaban J connectivity index is 2.44. The quantitative estimate of drug-likeness (QED) is 0.791. The van der Waals surface area contributed by atoms with Gasteiger partial charge in [-0.3, -0.25) is 4.79 Å². The third-order valence-corrected chi connectivity index (χ3v) is 3.44. The Hall–Kier alpha value is -2.49. The molecular weight excluding hydrogens is 271 g/mol. The number of carboxylic acid groups (broad SMARTS) is 1. The fourth-order valence-electron chi connectivity index (χ4n) is 2.26. The third-order valence-electron chi connectivity index (χ3n) is 3.44. The van der Waals surface area contributed by atoms with Crippen molar-refractivity contribution < 1.29 is 19.1 Å². The number of carboxylic acids is 1. The summed E-state index contributed by atoms with van der Waals surface area (Å²) in [6.45, 7) is 1.42. The van der Waals surface area contributed by atoms with E-state index in [-0.39, 0.29) is 5.78 Å². The van der Waals surface area contributed by atoms with Crippen molar-refractivity contribution in [1.82, 2.24) is 0 Å². The molecule has 0 aliphatic heterocycles. The molecule has 0 bridgehead atoms. The van der Waals surface area contributed by atoms with Crippen molar-refractivity contribution in [1.29, 1.82) is 0 Å². The maximum absolute atomic E-state index is 13.0.